The van der Waals surface area contributed by atoms with Crippen LogP contribution < -0.4 is 11.1 Å². The van der Waals surface area contributed by atoms with Crippen LogP contribution >= 0.6 is 23.2 Å². The molecule has 1 saturated carbocycles. The molecule has 7 heteroatoms. The number of hydrogen-bond donors (Lipinski definition) is 3. The summed E-state index contributed by atoms with van der Waals surface area (Å²) in [7, 11) is 0. The number of piperidine rings is 1. The predicted molar refractivity (Wildman–Crippen MR) is 101 cm³/mol. The number of amides is 1. The molecule has 0 aromatic rings. The van der Waals surface area contributed by atoms with Crippen LogP contribution in [0, 0.1) is 11.8 Å². The van der Waals surface area contributed by atoms with Gasteiger partial charge in [0.2, 0.25) is 5.91 Å². The Labute approximate surface area is 160 Å². The number of carbonyl (C=O) groups is 1. The Balaban J connectivity index is 1.54. The van der Waals surface area contributed by atoms with E-state index < -0.39 is 11.6 Å². The smallest absolute Gasteiger partial charge is 0.242 e. The maximum Gasteiger partial charge on any atom is 0.242 e. The number of nitrogens with one attached hydrogen (secondary N) is 1. The van der Waals surface area contributed by atoms with Crippen molar-refractivity contribution in [1.82, 2.24) is 10.2 Å². The van der Waals surface area contributed by atoms with Gasteiger partial charge in [0.15, 0.2) is 0 Å². The summed E-state index contributed by atoms with van der Waals surface area (Å²) in [5.74, 6) is 0.545. The van der Waals surface area contributed by atoms with Crippen LogP contribution in [0.2, 0.25) is 0 Å². The zero-order valence-electron chi connectivity index (χ0n) is 15.0. The molecular formula is C18H31Cl2N3O2. The Morgan fingerprint density at radius 1 is 1.28 bits per heavy atom. The zero-order chi connectivity index (χ0) is 18.2. The van der Waals surface area contributed by atoms with Crippen LogP contribution in [0.5, 0.6) is 0 Å². The van der Waals surface area contributed by atoms with Gasteiger partial charge in [-0.25, -0.2) is 0 Å². The highest BCUT2D eigenvalue weighted by molar-refractivity contribution is 6.30. The van der Waals surface area contributed by atoms with E-state index in [9.17, 15) is 9.90 Å². The number of aliphatic hydroxyl groups is 1. The highest BCUT2D eigenvalue weighted by Crippen LogP contribution is 2.37. The standard InChI is InChI=1S/C18H31Cl2N3O2/c1-18(5-2-6-22-18)17(25)23-7-3-11(4-8-23)16(21)12-9-13(19)14(20)10-15(12)24/h11-16,22,24H,2-10,21H2,1H3/t12?,13?,14?,15?,16-,18-/m1/s1. The number of hydrogen-bond acceptors (Lipinski definition) is 4. The summed E-state index contributed by atoms with van der Waals surface area (Å²) < 4.78 is 0. The lowest BCUT2D eigenvalue weighted by Crippen LogP contribution is -2.56. The second kappa shape index (κ2) is 7.89. The molecule has 3 fully saturated rings. The Morgan fingerprint density at radius 3 is 2.52 bits per heavy atom. The van der Waals surface area contributed by atoms with Crippen LogP contribution in [-0.4, -0.2) is 64.0 Å². The third kappa shape index (κ3) is 4.11. The van der Waals surface area contributed by atoms with Crippen molar-refractivity contribution in [2.75, 3.05) is 19.6 Å². The van der Waals surface area contributed by atoms with E-state index in [0.717, 1.165) is 45.3 Å². The number of nitrogens with two attached hydrogens (primary N) is 1. The second-order valence-corrected chi connectivity index (χ2v) is 9.43. The molecule has 4 unspecified atom stereocenters. The minimum absolute atomic E-state index is 0.00114. The van der Waals surface area contributed by atoms with E-state index in [1.165, 1.54) is 0 Å². The quantitative estimate of drug-likeness (QED) is 0.639. The summed E-state index contributed by atoms with van der Waals surface area (Å²) in [6.45, 7) is 4.44. The third-order valence-electron chi connectivity index (χ3n) is 6.56. The van der Waals surface area contributed by atoms with Crippen LogP contribution in [0.3, 0.4) is 0 Å². The van der Waals surface area contributed by atoms with Gasteiger partial charge in [-0.3, -0.25) is 4.79 Å². The van der Waals surface area contributed by atoms with Gasteiger partial charge in [-0.2, -0.15) is 0 Å². The molecule has 3 rings (SSSR count). The van der Waals surface area contributed by atoms with Crippen LogP contribution in [0.25, 0.3) is 0 Å². The van der Waals surface area contributed by atoms with Gasteiger partial charge in [0.1, 0.15) is 0 Å². The van der Waals surface area contributed by atoms with E-state index in [4.69, 9.17) is 28.9 Å². The summed E-state index contributed by atoms with van der Waals surface area (Å²) >= 11 is 12.5. The molecule has 4 N–H and O–H groups in total. The lowest BCUT2D eigenvalue weighted by molar-refractivity contribution is -0.138. The Bertz CT molecular complexity index is 479. The summed E-state index contributed by atoms with van der Waals surface area (Å²) in [6.07, 6.45) is 4.45. The molecule has 5 nitrogen and oxygen atoms in total. The van der Waals surface area contributed by atoms with Gasteiger partial charge in [-0.1, -0.05) is 0 Å². The molecule has 0 aromatic heterocycles. The first-order chi connectivity index (χ1) is 11.8. The van der Waals surface area contributed by atoms with E-state index in [1.54, 1.807) is 0 Å². The molecule has 0 aromatic carbocycles. The van der Waals surface area contributed by atoms with Crippen molar-refractivity contribution in [3.63, 3.8) is 0 Å². The number of aliphatic hydroxyl groups excluding tert-OH is 1. The second-order valence-electron chi connectivity index (χ2n) is 8.30. The summed E-state index contributed by atoms with van der Waals surface area (Å²) in [6, 6.07) is -0.0853. The fourth-order valence-electron chi connectivity index (χ4n) is 4.79. The molecule has 6 atom stereocenters. The molecular weight excluding hydrogens is 361 g/mol. The van der Waals surface area contributed by atoms with E-state index in [1.807, 2.05) is 11.8 Å². The van der Waals surface area contributed by atoms with Gasteiger partial charge < -0.3 is 21.1 Å². The summed E-state index contributed by atoms with van der Waals surface area (Å²) in [4.78, 5) is 14.8. The van der Waals surface area contributed by atoms with Gasteiger partial charge in [0, 0.05) is 25.0 Å². The predicted octanol–water partition coefficient (Wildman–Crippen LogP) is 1.68. The average Bonchev–Trinajstić information content (AvgIpc) is 3.05. The van der Waals surface area contributed by atoms with Crippen molar-refractivity contribution < 1.29 is 9.90 Å². The van der Waals surface area contributed by atoms with Crippen molar-refractivity contribution in [2.24, 2.45) is 17.6 Å². The van der Waals surface area contributed by atoms with Crippen LogP contribution in [0.1, 0.15) is 45.4 Å². The molecule has 0 bridgehead atoms. The van der Waals surface area contributed by atoms with Gasteiger partial charge in [-0.15, -0.1) is 23.2 Å². The van der Waals surface area contributed by atoms with E-state index >= 15 is 0 Å². The molecule has 25 heavy (non-hydrogen) atoms. The van der Waals surface area contributed by atoms with Crippen LogP contribution in [0.4, 0.5) is 0 Å². The topological polar surface area (TPSA) is 78.6 Å². The van der Waals surface area contributed by atoms with Crippen molar-refractivity contribution in [3.8, 4) is 0 Å². The largest absolute Gasteiger partial charge is 0.393 e. The molecule has 144 valence electrons. The molecule has 3 aliphatic rings. The third-order valence-corrected chi connectivity index (χ3v) is 7.65. The lowest BCUT2D eigenvalue weighted by atomic mass is 9.74. The fourth-order valence-corrected chi connectivity index (χ4v) is 5.39. The number of likely N-dealkylation sites (tertiary alicyclic amines) is 1. The van der Waals surface area contributed by atoms with E-state index in [-0.39, 0.29) is 28.6 Å². The van der Waals surface area contributed by atoms with Gasteiger partial charge >= 0.3 is 0 Å². The van der Waals surface area contributed by atoms with E-state index in [0.29, 0.717) is 18.8 Å². The Morgan fingerprint density at radius 2 is 1.92 bits per heavy atom. The van der Waals surface area contributed by atoms with Gasteiger partial charge in [0.25, 0.3) is 0 Å². The van der Waals surface area contributed by atoms with E-state index in [2.05, 4.69) is 5.32 Å². The maximum absolute atomic E-state index is 12.8. The number of nitrogens with zero attached hydrogens (tertiary/aromatic N) is 1. The molecule has 2 saturated heterocycles. The van der Waals surface area contributed by atoms with Crippen molar-refractivity contribution in [2.45, 2.75) is 73.9 Å². The maximum atomic E-state index is 12.8. The highest BCUT2D eigenvalue weighted by atomic mass is 35.5. The Hall–Kier alpha value is -0.0700. The fraction of sp³-hybridized carbons (Fsp3) is 0.944. The zero-order valence-corrected chi connectivity index (χ0v) is 16.5. The van der Waals surface area contributed by atoms with Gasteiger partial charge in [-0.05, 0) is 57.9 Å². The van der Waals surface area contributed by atoms with Gasteiger partial charge in [0.05, 0.1) is 22.4 Å². The minimum Gasteiger partial charge on any atom is -0.393 e. The molecule has 2 heterocycles. The molecule has 1 aliphatic carbocycles. The monoisotopic (exact) mass is 391 g/mol. The number of alkyl halides is 2. The average molecular weight is 392 g/mol. The van der Waals surface area contributed by atoms with Crippen molar-refractivity contribution in [3.05, 3.63) is 0 Å². The SMILES string of the molecule is C[C@]1(C(=O)N2CCC([C@@H](N)C3CC(Cl)C(Cl)CC3O)CC2)CCCN1. The number of halogens is 2. The molecule has 2 aliphatic heterocycles. The van der Waals surface area contributed by atoms with Crippen LogP contribution in [0.15, 0.2) is 0 Å². The number of rotatable bonds is 3. The van der Waals surface area contributed by atoms with Crippen LogP contribution in [-0.2, 0) is 4.79 Å². The Kier molecular flexibility index (Phi) is 6.21. The summed E-state index contributed by atoms with van der Waals surface area (Å²) in [5.41, 5.74) is 6.12. The number of carbonyl (C=O) groups excluding carboxylic acids is 1. The highest BCUT2D eigenvalue weighted by Gasteiger charge is 2.43. The first kappa shape index (κ1) is 19.7. The first-order valence-electron chi connectivity index (χ1n) is 9.58. The molecule has 0 radical (unpaired) electrons. The minimum atomic E-state index is -0.478. The summed E-state index contributed by atoms with van der Waals surface area (Å²) in [5, 5.41) is 13.4. The molecule has 1 amide bonds. The first-order valence-corrected chi connectivity index (χ1v) is 10.5. The van der Waals surface area contributed by atoms with Crippen molar-refractivity contribution in [1.29, 1.82) is 0 Å². The molecule has 0 spiro atoms. The normalized spacial score (nSPS) is 41.7. The van der Waals surface area contributed by atoms with Crippen molar-refractivity contribution >= 4 is 29.1 Å². The lowest BCUT2D eigenvalue weighted by Gasteiger charge is -2.43.